The SMILES string of the molecule is CNC(CC1CC2CCC1C2)c1cnc(C)s1. The van der Waals surface area contributed by atoms with Crippen LogP contribution in [0.3, 0.4) is 0 Å². The molecule has 0 radical (unpaired) electrons. The average molecular weight is 250 g/mol. The summed E-state index contributed by atoms with van der Waals surface area (Å²) in [5.74, 6) is 3.06. The van der Waals surface area contributed by atoms with Gasteiger partial charge in [0.2, 0.25) is 0 Å². The summed E-state index contributed by atoms with van der Waals surface area (Å²) in [6.45, 7) is 2.10. The van der Waals surface area contributed by atoms with E-state index in [2.05, 4.69) is 30.5 Å². The van der Waals surface area contributed by atoms with E-state index in [4.69, 9.17) is 0 Å². The predicted molar refractivity (Wildman–Crippen MR) is 72.2 cm³/mol. The molecule has 4 atom stereocenters. The third-order valence-corrected chi connectivity index (χ3v) is 5.78. The summed E-state index contributed by atoms with van der Waals surface area (Å²) in [5.41, 5.74) is 0. The van der Waals surface area contributed by atoms with Gasteiger partial charge in [0.1, 0.15) is 0 Å². The van der Waals surface area contributed by atoms with Crippen molar-refractivity contribution >= 4 is 11.3 Å². The van der Waals surface area contributed by atoms with Crippen molar-refractivity contribution in [3.05, 3.63) is 16.1 Å². The molecule has 0 spiro atoms. The fourth-order valence-electron chi connectivity index (χ4n) is 3.88. The van der Waals surface area contributed by atoms with Crippen LogP contribution in [0.4, 0.5) is 0 Å². The van der Waals surface area contributed by atoms with Gasteiger partial charge < -0.3 is 5.32 Å². The number of hydrogen-bond acceptors (Lipinski definition) is 3. The van der Waals surface area contributed by atoms with Crippen molar-refractivity contribution in [1.29, 1.82) is 0 Å². The molecule has 0 aliphatic heterocycles. The van der Waals surface area contributed by atoms with E-state index < -0.39 is 0 Å². The monoisotopic (exact) mass is 250 g/mol. The Morgan fingerprint density at radius 2 is 2.35 bits per heavy atom. The molecule has 2 bridgehead atoms. The Labute approximate surface area is 108 Å². The van der Waals surface area contributed by atoms with Crippen LogP contribution in [0.1, 0.15) is 48.0 Å². The maximum Gasteiger partial charge on any atom is 0.0897 e. The van der Waals surface area contributed by atoms with Crippen LogP contribution in [0, 0.1) is 24.7 Å². The van der Waals surface area contributed by atoms with Gasteiger partial charge in [-0.15, -0.1) is 11.3 Å². The second kappa shape index (κ2) is 4.69. The number of fused-ring (bicyclic) bond motifs is 2. The van der Waals surface area contributed by atoms with Crippen LogP contribution in [-0.4, -0.2) is 12.0 Å². The number of rotatable bonds is 4. The second-order valence-corrected chi connectivity index (χ2v) is 7.06. The standard InChI is InChI=1S/C14H22N2S/c1-9-16-8-14(17-9)13(15-2)7-12-6-10-3-4-11(12)5-10/h8,10-13,15H,3-7H2,1-2H3. The quantitative estimate of drug-likeness (QED) is 0.884. The van der Waals surface area contributed by atoms with Crippen LogP contribution < -0.4 is 5.32 Å². The number of hydrogen-bond donors (Lipinski definition) is 1. The maximum absolute atomic E-state index is 4.39. The first-order valence-corrected chi connectivity index (χ1v) is 7.67. The number of aromatic nitrogens is 1. The zero-order valence-electron chi connectivity index (χ0n) is 10.8. The summed E-state index contributed by atoms with van der Waals surface area (Å²) in [5, 5.41) is 4.68. The van der Waals surface area contributed by atoms with Gasteiger partial charge in [0, 0.05) is 17.1 Å². The molecule has 1 aromatic heterocycles. The summed E-state index contributed by atoms with van der Waals surface area (Å²) >= 11 is 1.85. The largest absolute Gasteiger partial charge is 0.312 e. The molecule has 2 fully saturated rings. The van der Waals surface area contributed by atoms with E-state index in [1.807, 2.05) is 11.3 Å². The number of aryl methyl sites for hydroxylation is 1. The van der Waals surface area contributed by atoms with Crippen molar-refractivity contribution < 1.29 is 0 Å². The Morgan fingerprint density at radius 3 is 2.88 bits per heavy atom. The molecular weight excluding hydrogens is 228 g/mol. The zero-order valence-corrected chi connectivity index (χ0v) is 11.6. The van der Waals surface area contributed by atoms with E-state index in [9.17, 15) is 0 Å². The van der Waals surface area contributed by atoms with Gasteiger partial charge in [-0.1, -0.05) is 6.42 Å². The van der Waals surface area contributed by atoms with Crippen LogP contribution >= 0.6 is 11.3 Å². The summed E-state index contributed by atoms with van der Waals surface area (Å²) < 4.78 is 0. The summed E-state index contributed by atoms with van der Waals surface area (Å²) in [7, 11) is 2.09. The molecule has 4 unspecified atom stereocenters. The van der Waals surface area contributed by atoms with Gasteiger partial charge in [0.15, 0.2) is 0 Å². The van der Waals surface area contributed by atoms with Gasteiger partial charge in [-0.3, -0.25) is 0 Å². The Bertz CT molecular complexity index is 387. The predicted octanol–water partition coefficient (Wildman–Crippen LogP) is 3.54. The zero-order chi connectivity index (χ0) is 11.8. The van der Waals surface area contributed by atoms with Crippen LogP contribution in [0.25, 0.3) is 0 Å². The lowest BCUT2D eigenvalue weighted by Crippen LogP contribution is -2.21. The van der Waals surface area contributed by atoms with Gasteiger partial charge in [-0.05, 0) is 57.4 Å². The first-order chi connectivity index (χ1) is 8.26. The molecule has 0 aromatic carbocycles. The van der Waals surface area contributed by atoms with E-state index in [-0.39, 0.29) is 0 Å². The van der Waals surface area contributed by atoms with Crippen molar-refractivity contribution in [2.45, 2.75) is 45.1 Å². The van der Waals surface area contributed by atoms with E-state index in [0.717, 1.165) is 17.8 Å². The minimum atomic E-state index is 0.533. The van der Waals surface area contributed by atoms with Gasteiger partial charge in [-0.2, -0.15) is 0 Å². The molecule has 1 N–H and O–H groups in total. The summed E-state index contributed by atoms with van der Waals surface area (Å²) in [6, 6.07) is 0.533. The molecule has 17 heavy (non-hydrogen) atoms. The number of thiazole rings is 1. The highest BCUT2D eigenvalue weighted by atomic mass is 32.1. The highest BCUT2D eigenvalue weighted by molar-refractivity contribution is 7.11. The normalized spacial score (nSPS) is 33.2. The van der Waals surface area contributed by atoms with Crippen molar-refractivity contribution in [2.24, 2.45) is 17.8 Å². The van der Waals surface area contributed by atoms with E-state index in [0.29, 0.717) is 6.04 Å². The fraction of sp³-hybridized carbons (Fsp3) is 0.786. The number of nitrogens with zero attached hydrogens (tertiary/aromatic N) is 1. The maximum atomic E-state index is 4.39. The molecule has 3 rings (SSSR count). The van der Waals surface area contributed by atoms with Crippen molar-refractivity contribution in [3.63, 3.8) is 0 Å². The Hall–Kier alpha value is -0.410. The second-order valence-electron chi connectivity index (χ2n) is 5.79. The lowest BCUT2D eigenvalue weighted by atomic mass is 9.84. The van der Waals surface area contributed by atoms with E-state index >= 15 is 0 Å². The topological polar surface area (TPSA) is 24.9 Å². The first kappa shape index (κ1) is 11.7. The van der Waals surface area contributed by atoms with E-state index in [1.165, 1.54) is 42.0 Å². The number of nitrogens with one attached hydrogen (secondary N) is 1. The molecule has 1 aromatic rings. The molecule has 94 valence electrons. The highest BCUT2D eigenvalue weighted by Crippen LogP contribution is 2.51. The lowest BCUT2D eigenvalue weighted by molar-refractivity contribution is 0.285. The van der Waals surface area contributed by atoms with Crippen molar-refractivity contribution in [2.75, 3.05) is 7.05 Å². The minimum Gasteiger partial charge on any atom is -0.312 e. The van der Waals surface area contributed by atoms with Crippen LogP contribution in [0.5, 0.6) is 0 Å². The minimum absolute atomic E-state index is 0.533. The molecule has 2 aliphatic rings. The Morgan fingerprint density at radius 1 is 1.47 bits per heavy atom. The molecule has 1 heterocycles. The molecule has 0 amide bonds. The van der Waals surface area contributed by atoms with Crippen LogP contribution in [0.2, 0.25) is 0 Å². The molecule has 2 aliphatic carbocycles. The van der Waals surface area contributed by atoms with Gasteiger partial charge in [-0.25, -0.2) is 4.98 Å². The molecule has 2 saturated carbocycles. The smallest absolute Gasteiger partial charge is 0.0897 e. The van der Waals surface area contributed by atoms with Crippen molar-refractivity contribution in [1.82, 2.24) is 10.3 Å². The first-order valence-electron chi connectivity index (χ1n) is 6.86. The van der Waals surface area contributed by atoms with Crippen LogP contribution in [-0.2, 0) is 0 Å². The fourth-order valence-corrected chi connectivity index (χ4v) is 4.79. The summed E-state index contributed by atoms with van der Waals surface area (Å²) in [6.07, 6.45) is 9.38. The molecule has 0 saturated heterocycles. The third-order valence-electron chi connectivity index (χ3n) is 4.75. The van der Waals surface area contributed by atoms with E-state index in [1.54, 1.807) is 0 Å². The Balaban J connectivity index is 1.66. The van der Waals surface area contributed by atoms with Gasteiger partial charge >= 0.3 is 0 Å². The van der Waals surface area contributed by atoms with Gasteiger partial charge in [0.05, 0.1) is 5.01 Å². The Kier molecular flexibility index (Phi) is 3.22. The lowest BCUT2D eigenvalue weighted by Gasteiger charge is -2.25. The average Bonchev–Trinajstić information content (AvgIpc) is 3.01. The summed E-state index contributed by atoms with van der Waals surface area (Å²) in [4.78, 5) is 5.81. The molecular formula is C14H22N2S. The van der Waals surface area contributed by atoms with Crippen LogP contribution in [0.15, 0.2) is 6.20 Å². The highest BCUT2D eigenvalue weighted by Gasteiger charge is 2.40. The molecule has 3 heteroatoms. The van der Waals surface area contributed by atoms with Gasteiger partial charge in [0.25, 0.3) is 0 Å². The van der Waals surface area contributed by atoms with Crippen molar-refractivity contribution in [3.8, 4) is 0 Å². The molecule has 2 nitrogen and oxygen atoms in total. The third kappa shape index (κ3) is 2.27.